The SMILES string of the molecule is CC/C=C\C/C=C\C/C=C\C/C=C\C/C=C\CCCCCCCCCCCCCCCCCCCCCCCCCCCC(=O)NC(COC1OC(CO)C(OC2OC(CO)C(O)C(O)C2O)C(O)C1O)C(O)/C=C/CC/C=C/CCCCCCCCCCCC. The average molecular weight is 1280 g/mol. The Kier molecular flexibility index (Phi) is 56.3. The zero-order valence-corrected chi connectivity index (χ0v) is 57.6. The molecule has 528 valence electrons. The predicted molar refractivity (Wildman–Crippen MR) is 373 cm³/mol. The van der Waals surface area contributed by atoms with E-state index in [2.05, 4.69) is 92.1 Å². The molecule has 91 heavy (non-hydrogen) atoms. The monoisotopic (exact) mass is 1280 g/mol. The maximum Gasteiger partial charge on any atom is 0.220 e. The summed E-state index contributed by atoms with van der Waals surface area (Å²) in [4.78, 5) is 13.3. The molecule has 1 amide bonds. The number of amides is 1. The van der Waals surface area contributed by atoms with Crippen molar-refractivity contribution >= 4 is 5.91 Å². The molecule has 0 bridgehead atoms. The summed E-state index contributed by atoms with van der Waals surface area (Å²) in [5.41, 5.74) is 0. The lowest BCUT2D eigenvalue weighted by molar-refractivity contribution is -0.359. The van der Waals surface area contributed by atoms with Gasteiger partial charge in [-0.05, 0) is 77.0 Å². The van der Waals surface area contributed by atoms with E-state index in [1.807, 2.05) is 6.08 Å². The Morgan fingerprint density at radius 3 is 1.21 bits per heavy atom. The molecule has 12 atom stereocenters. The number of aliphatic hydroxyl groups excluding tert-OH is 8. The second kappa shape index (κ2) is 60.8. The first-order valence-corrected chi connectivity index (χ1v) is 37.3. The van der Waals surface area contributed by atoms with Crippen LogP contribution in [0.1, 0.15) is 303 Å². The number of ether oxygens (including phenoxy) is 4. The van der Waals surface area contributed by atoms with Gasteiger partial charge in [-0.2, -0.15) is 0 Å². The molecule has 0 radical (unpaired) electrons. The van der Waals surface area contributed by atoms with Gasteiger partial charge in [-0.1, -0.05) is 304 Å². The first-order valence-electron chi connectivity index (χ1n) is 37.3. The number of hydrogen-bond acceptors (Lipinski definition) is 13. The minimum absolute atomic E-state index is 0.246. The van der Waals surface area contributed by atoms with Crippen molar-refractivity contribution in [3.05, 3.63) is 85.1 Å². The van der Waals surface area contributed by atoms with Crippen LogP contribution in [0.2, 0.25) is 0 Å². The number of aliphatic hydroxyl groups is 8. The maximum absolute atomic E-state index is 13.3. The first-order chi connectivity index (χ1) is 44.6. The van der Waals surface area contributed by atoms with E-state index in [9.17, 15) is 45.6 Å². The highest BCUT2D eigenvalue weighted by molar-refractivity contribution is 5.76. The zero-order chi connectivity index (χ0) is 65.9. The lowest BCUT2D eigenvalue weighted by atomic mass is 9.97. The molecule has 14 heteroatoms. The molecular weight excluding hydrogens is 1150 g/mol. The van der Waals surface area contributed by atoms with Crippen LogP contribution < -0.4 is 5.32 Å². The number of hydrogen-bond donors (Lipinski definition) is 9. The second-order valence-electron chi connectivity index (χ2n) is 26.0. The summed E-state index contributed by atoms with van der Waals surface area (Å²) in [6.07, 6.45) is 68.2. The van der Waals surface area contributed by atoms with Crippen LogP contribution in [0.25, 0.3) is 0 Å². The first kappa shape index (κ1) is 84.3. The van der Waals surface area contributed by atoms with Crippen molar-refractivity contribution in [1.29, 1.82) is 0 Å². The molecule has 12 unspecified atom stereocenters. The fourth-order valence-corrected chi connectivity index (χ4v) is 11.9. The standard InChI is InChI=1S/C77H137NO13/c1-3-5-7-9-11-13-15-17-19-21-22-23-24-25-26-27-28-29-30-31-32-33-34-35-36-37-38-39-40-41-42-43-44-45-47-49-51-53-55-57-59-61-69(82)78-65(66(81)60-58-56-54-52-50-48-46-20-18-16-14-12-10-8-6-4-2)64-88-76-74(87)72(85)75(68(63-80)90-76)91-77-73(86)71(84)70(83)67(62-79)89-77/h5,7,11,13,17,19,22-23,25-26,50,52,58,60,65-68,70-77,79-81,83-87H,3-4,6,8-10,12,14-16,18,20-21,24,27-49,51,53-57,59,61-64H2,1-2H3,(H,78,82)/b7-5-,13-11-,19-17-,23-22-,26-25-,52-50+,60-58+. The highest BCUT2D eigenvalue weighted by Crippen LogP contribution is 2.30. The molecule has 0 spiro atoms. The summed E-state index contributed by atoms with van der Waals surface area (Å²) in [5.74, 6) is -0.246. The normalized spacial score (nSPS) is 23.3. The van der Waals surface area contributed by atoms with Crippen molar-refractivity contribution in [2.24, 2.45) is 0 Å². The van der Waals surface area contributed by atoms with E-state index in [1.54, 1.807) is 6.08 Å². The minimum atomic E-state index is -1.79. The quantitative estimate of drug-likeness (QED) is 0.0204. The second-order valence-corrected chi connectivity index (χ2v) is 26.0. The van der Waals surface area contributed by atoms with Gasteiger partial charge < -0.3 is 65.1 Å². The van der Waals surface area contributed by atoms with E-state index in [0.29, 0.717) is 12.8 Å². The van der Waals surface area contributed by atoms with Crippen LogP contribution in [-0.4, -0.2) is 140 Å². The number of allylic oxidation sites excluding steroid dienone is 13. The Morgan fingerprint density at radius 2 is 0.769 bits per heavy atom. The molecule has 2 aliphatic rings. The van der Waals surface area contributed by atoms with Gasteiger partial charge in [-0.25, -0.2) is 0 Å². The minimum Gasteiger partial charge on any atom is -0.394 e. The van der Waals surface area contributed by atoms with Crippen molar-refractivity contribution in [3.8, 4) is 0 Å². The summed E-state index contributed by atoms with van der Waals surface area (Å²) in [6.45, 7) is 2.69. The van der Waals surface area contributed by atoms with Gasteiger partial charge in [0.15, 0.2) is 12.6 Å². The van der Waals surface area contributed by atoms with Crippen molar-refractivity contribution in [3.63, 3.8) is 0 Å². The van der Waals surface area contributed by atoms with Crippen LogP contribution in [0.3, 0.4) is 0 Å². The zero-order valence-electron chi connectivity index (χ0n) is 57.6. The van der Waals surface area contributed by atoms with Crippen molar-refractivity contribution in [2.45, 2.75) is 376 Å². The summed E-state index contributed by atoms with van der Waals surface area (Å²) in [5, 5.41) is 87.3. The van der Waals surface area contributed by atoms with Crippen LogP contribution in [0, 0.1) is 0 Å². The topological polar surface area (TPSA) is 228 Å². The largest absolute Gasteiger partial charge is 0.394 e. The van der Waals surface area contributed by atoms with Gasteiger partial charge >= 0.3 is 0 Å². The Hall–Kier alpha value is -2.83. The molecule has 2 aliphatic heterocycles. The third kappa shape index (κ3) is 44.5. The Bertz CT molecular complexity index is 1850. The third-order valence-corrected chi connectivity index (χ3v) is 17.8. The van der Waals surface area contributed by atoms with E-state index in [1.165, 1.54) is 205 Å². The van der Waals surface area contributed by atoms with E-state index < -0.39 is 86.8 Å². The van der Waals surface area contributed by atoms with E-state index in [-0.39, 0.29) is 18.9 Å². The van der Waals surface area contributed by atoms with Crippen LogP contribution >= 0.6 is 0 Å². The molecule has 0 aromatic rings. The maximum atomic E-state index is 13.3. The third-order valence-electron chi connectivity index (χ3n) is 17.8. The number of rotatable bonds is 61. The highest BCUT2D eigenvalue weighted by Gasteiger charge is 2.51. The molecule has 2 fully saturated rings. The predicted octanol–water partition coefficient (Wildman–Crippen LogP) is 16.0. The lowest BCUT2D eigenvalue weighted by Gasteiger charge is -2.46. The summed E-state index contributed by atoms with van der Waals surface area (Å²) >= 11 is 0. The Labute approximate surface area is 554 Å². The molecule has 0 aliphatic carbocycles. The molecule has 2 rings (SSSR count). The molecule has 0 aromatic heterocycles. The summed E-state index contributed by atoms with van der Waals surface area (Å²) < 4.78 is 22.8. The molecule has 2 heterocycles. The Morgan fingerprint density at radius 1 is 0.407 bits per heavy atom. The molecule has 2 saturated heterocycles. The van der Waals surface area contributed by atoms with Gasteiger partial charge in [0.1, 0.15) is 48.8 Å². The van der Waals surface area contributed by atoms with Crippen molar-refractivity contribution in [2.75, 3.05) is 19.8 Å². The molecule has 0 aromatic carbocycles. The van der Waals surface area contributed by atoms with Crippen molar-refractivity contribution in [1.82, 2.24) is 5.32 Å². The van der Waals surface area contributed by atoms with E-state index >= 15 is 0 Å². The van der Waals surface area contributed by atoms with Crippen molar-refractivity contribution < 1.29 is 64.6 Å². The van der Waals surface area contributed by atoms with Gasteiger partial charge in [0.25, 0.3) is 0 Å². The summed E-state index contributed by atoms with van der Waals surface area (Å²) in [6, 6.07) is -0.933. The van der Waals surface area contributed by atoms with Crippen LogP contribution in [-0.2, 0) is 23.7 Å². The fourth-order valence-electron chi connectivity index (χ4n) is 11.9. The van der Waals surface area contributed by atoms with E-state index in [0.717, 1.165) is 64.2 Å². The number of unbranched alkanes of at least 4 members (excludes halogenated alkanes) is 36. The van der Waals surface area contributed by atoms with E-state index in [4.69, 9.17) is 18.9 Å². The summed E-state index contributed by atoms with van der Waals surface area (Å²) in [7, 11) is 0. The van der Waals surface area contributed by atoms with Gasteiger partial charge in [0.05, 0.1) is 32.0 Å². The van der Waals surface area contributed by atoms with Gasteiger partial charge in [0, 0.05) is 6.42 Å². The molecule has 0 saturated carbocycles. The smallest absolute Gasteiger partial charge is 0.220 e. The average Bonchev–Trinajstić information content (AvgIpc) is 1.24. The number of carbonyl (C=O) groups is 1. The molecule has 9 N–H and O–H groups in total. The highest BCUT2D eigenvalue weighted by atomic mass is 16.7. The van der Waals surface area contributed by atoms with Gasteiger partial charge in [-0.3, -0.25) is 4.79 Å². The van der Waals surface area contributed by atoms with Crippen LogP contribution in [0.5, 0.6) is 0 Å². The lowest BCUT2D eigenvalue weighted by Crippen LogP contribution is -2.65. The number of carbonyl (C=O) groups excluding carboxylic acids is 1. The van der Waals surface area contributed by atoms with Crippen LogP contribution in [0.15, 0.2) is 85.1 Å². The molecular formula is C77H137NO13. The van der Waals surface area contributed by atoms with Gasteiger partial charge in [0.2, 0.25) is 5.91 Å². The van der Waals surface area contributed by atoms with Gasteiger partial charge in [-0.15, -0.1) is 0 Å². The van der Waals surface area contributed by atoms with Crippen LogP contribution in [0.4, 0.5) is 0 Å². The number of nitrogens with one attached hydrogen (secondary N) is 1. The Balaban J connectivity index is 1.56. The molecule has 14 nitrogen and oxygen atoms in total. The fraction of sp³-hybridized carbons (Fsp3) is 0.805.